The second kappa shape index (κ2) is 5.59. The molecule has 0 bridgehead atoms. The van der Waals surface area contributed by atoms with Crippen LogP contribution in [-0.4, -0.2) is 17.9 Å². The zero-order valence-corrected chi connectivity index (χ0v) is 14.4. The third-order valence-corrected chi connectivity index (χ3v) is 4.93. The first-order valence-corrected chi connectivity index (χ1v) is 8.41. The Morgan fingerprint density at radius 2 is 1.68 bits per heavy atom. The van der Waals surface area contributed by atoms with E-state index < -0.39 is 6.04 Å². The van der Waals surface area contributed by atoms with Crippen molar-refractivity contribution in [3.8, 4) is 0 Å². The number of carbonyl (C=O) groups is 1. The summed E-state index contributed by atoms with van der Waals surface area (Å²) in [5.41, 5.74) is 2.89. The van der Waals surface area contributed by atoms with Crippen molar-refractivity contribution in [1.29, 1.82) is 0 Å². The molecule has 3 aromatic rings. The first-order chi connectivity index (χ1) is 12.0. The van der Waals surface area contributed by atoms with Crippen molar-refractivity contribution in [2.75, 3.05) is 7.05 Å². The number of fused-ring (bicyclic) bond motifs is 2. The average molecular weight is 333 g/mol. The zero-order valence-electron chi connectivity index (χ0n) is 14.4. The van der Waals surface area contributed by atoms with Gasteiger partial charge in [0.1, 0.15) is 5.58 Å². The van der Waals surface area contributed by atoms with Gasteiger partial charge in [0.05, 0.1) is 17.0 Å². The van der Waals surface area contributed by atoms with Gasteiger partial charge in [-0.1, -0.05) is 50.2 Å². The first kappa shape index (κ1) is 15.6. The van der Waals surface area contributed by atoms with Gasteiger partial charge in [-0.3, -0.25) is 9.59 Å². The molecular formula is C21H19NO3. The van der Waals surface area contributed by atoms with E-state index in [-0.39, 0.29) is 17.1 Å². The summed E-state index contributed by atoms with van der Waals surface area (Å²) in [6, 6.07) is 14.7. The Balaban J connectivity index is 1.93. The minimum atomic E-state index is -0.412. The van der Waals surface area contributed by atoms with Gasteiger partial charge in [-0.15, -0.1) is 0 Å². The third kappa shape index (κ3) is 2.29. The fourth-order valence-corrected chi connectivity index (χ4v) is 3.49. The second-order valence-electron chi connectivity index (χ2n) is 6.81. The van der Waals surface area contributed by atoms with Crippen LogP contribution in [0.5, 0.6) is 0 Å². The lowest BCUT2D eigenvalue weighted by molar-refractivity contribution is 0.0771. The predicted octanol–water partition coefficient (Wildman–Crippen LogP) is 4.09. The van der Waals surface area contributed by atoms with Gasteiger partial charge in [0.25, 0.3) is 5.91 Å². The fourth-order valence-electron chi connectivity index (χ4n) is 3.49. The van der Waals surface area contributed by atoms with Crippen LogP contribution in [-0.2, 0) is 0 Å². The van der Waals surface area contributed by atoms with Gasteiger partial charge in [0.2, 0.25) is 5.76 Å². The van der Waals surface area contributed by atoms with Crippen molar-refractivity contribution in [3.63, 3.8) is 0 Å². The molecule has 1 aliphatic rings. The minimum absolute atomic E-state index is 0.132. The number of hydrogen-bond acceptors (Lipinski definition) is 3. The molecule has 2 heterocycles. The normalized spacial score (nSPS) is 16.7. The van der Waals surface area contributed by atoms with E-state index in [2.05, 4.69) is 26.0 Å². The molecule has 0 unspecified atom stereocenters. The van der Waals surface area contributed by atoms with Crippen LogP contribution in [0.1, 0.15) is 53.1 Å². The highest BCUT2D eigenvalue weighted by Gasteiger charge is 2.40. The van der Waals surface area contributed by atoms with Crippen LogP contribution in [0, 0.1) is 0 Å². The highest BCUT2D eigenvalue weighted by molar-refractivity contribution is 5.98. The van der Waals surface area contributed by atoms with Gasteiger partial charge in [-0.25, -0.2) is 0 Å². The van der Waals surface area contributed by atoms with Crippen molar-refractivity contribution >= 4 is 16.9 Å². The van der Waals surface area contributed by atoms with E-state index in [1.807, 2.05) is 12.1 Å². The van der Waals surface area contributed by atoms with Crippen LogP contribution in [0.4, 0.5) is 0 Å². The SMILES string of the molecule is CC(C)c1ccc([C@@H]2c3c(oc4ccccc4c3=O)C(=O)N2C)cc1. The largest absolute Gasteiger partial charge is 0.450 e. The third-order valence-electron chi connectivity index (χ3n) is 4.93. The van der Waals surface area contributed by atoms with Crippen molar-refractivity contribution in [2.24, 2.45) is 0 Å². The van der Waals surface area contributed by atoms with Crippen LogP contribution < -0.4 is 5.43 Å². The van der Waals surface area contributed by atoms with E-state index >= 15 is 0 Å². The Kier molecular flexibility index (Phi) is 3.49. The predicted molar refractivity (Wildman–Crippen MR) is 97.0 cm³/mol. The van der Waals surface area contributed by atoms with Crippen LogP contribution in [0.2, 0.25) is 0 Å². The maximum Gasteiger partial charge on any atom is 0.290 e. The molecule has 25 heavy (non-hydrogen) atoms. The summed E-state index contributed by atoms with van der Waals surface area (Å²) in [4.78, 5) is 27.3. The van der Waals surface area contributed by atoms with E-state index in [1.54, 1.807) is 36.2 Å². The average Bonchev–Trinajstić information content (AvgIpc) is 2.87. The molecule has 0 N–H and O–H groups in total. The van der Waals surface area contributed by atoms with Crippen LogP contribution >= 0.6 is 0 Å². The quantitative estimate of drug-likeness (QED) is 0.710. The lowest BCUT2D eigenvalue weighted by atomic mass is 9.95. The number of rotatable bonds is 2. The molecule has 0 aliphatic carbocycles. The summed E-state index contributed by atoms with van der Waals surface area (Å²) in [6.45, 7) is 4.27. The van der Waals surface area contributed by atoms with Crippen molar-refractivity contribution in [1.82, 2.24) is 4.90 Å². The lowest BCUT2D eigenvalue weighted by Crippen LogP contribution is -2.25. The topological polar surface area (TPSA) is 50.5 Å². The molecule has 2 aromatic carbocycles. The lowest BCUT2D eigenvalue weighted by Gasteiger charge is -2.20. The number of nitrogens with zero attached hydrogens (tertiary/aromatic N) is 1. The Labute approximate surface area is 145 Å². The Morgan fingerprint density at radius 3 is 2.36 bits per heavy atom. The van der Waals surface area contributed by atoms with E-state index in [9.17, 15) is 9.59 Å². The molecule has 0 radical (unpaired) electrons. The van der Waals surface area contributed by atoms with E-state index in [4.69, 9.17) is 4.42 Å². The fraction of sp³-hybridized carbons (Fsp3) is 0.238. The van der Waals surface area contributed by atoms with Gasteiger partial charge in [-0.05, 0) is 29.2 Å². The summed E-state index contributed by atoms with van der Waals surface area (Å²) in [5.74, 6) is 0.332. The first-order valence-electron chi connectivity index (χ1n) is 8.41. The molecular weight excluding hydrogens is 314 g/mol. The summed E-state index contributed by atoms with van der Waals surface area (Å²) >= 11 is 0. The summed E-state index contributed by atoms with van der Waals surface area (Å²) in [7, 11) is 1.71. The molecule has 1 aromatic heterocycles. The van der Waals surface area contributed by atoms with Gasteiger partial charge >= 0.3 is 0 Å². The number of hydrogen-bond donors (Lipinski definition) is 0. The van der Waals surface area contributed by atoms with Gasteiger partial charge in [-0.2, -0.15) is 0 Å². The van der Waals surface area contributed by atoms with Crippen molar-refractivity contribution in [3.05, 3.63) is 81.2 Å². The Hall–Kier alpha value is -2.88. The van der Waals surface area contributed by atoms with E-state index in [0.717, 1.165) is 5.56 Å². The molecule has 1 atom stereocenters. The van der Waals surface area contributed by atoms with Crippen LogP contribution in [0.25, 0.3) is 11.0 Å². The Morgan fingerprint density at radius 1 is 1.00 bits per heavy atom. The maximum atomic E-state index is 13.0. The molecule has 1 aliphatic heterocycles. The van der Waals surface area contributed by atoms with E-state index in [1.165, 1.54) is 5.56 Å². The molecule has 0 saturated carbocycles. The van der Waals surface area contributed by atoms with E-state index in [0.29, 0.717) is 22.5 Å². The molecule has 0 fully saturated rings. The molecule has 0 saturated heterocycles. The molecule has 1 amide bonds. The molecule has 126 valence electrons. The monoisotopic (exact) mass is 333 g/mol. The van der Waals surface area contributed by atoms with Crippen molar-refractivity contribution in [2.45, 2.75) is 25.8 Å². The summed E-state index contributed by atoms with van der Waals surface area (Å²) in [6.07, 6.45) is 0. The van der Waals surface area contributed by atoms with Crippen LogP contribution in [0.15, 0.2) is 57.7 Å². The van der Waals surface area contributed by atoms with Gasteiger partial charge in [0.15, 0.2) is 5.43 Å². The number of benzene rings is 2. The Bertz CT molecular complexity index is 1030. The zero-order chi connectivity index (χ0) is 17.7. The highest BCUT2D eigenvalue weighted by atomic mass is 16.3. The highest BCUT2D eigenvalue weighted by Crippen LogP contribution is 2.37. The number of amides is 1. The maximum absolute atomic E-state index is 13.0. The standard InChI is InChI=1S/C21H19NO3/c1-12(2)13-8-10-14(11-9-13)18-17-19(23)15-6-4-5-7-16(15)25-20(17)21(24)22(18)3/h4-12,18H,1-3H3/t18-/m1/s1. The smallest absolute Gasteiger partial charge is 0.290 e. The molecule has 4 rings (SSSR count). The number of carbonyl (C=O) groups excluding carboxylic acids is 1. The van der Waals surface area contributed by atoms with Crippen molar-refractivity contribution < 1.29 is 9.21 Å². The summed E-state index contributed by atoms with van der Waals surface area (Å²) in [5, 5.41) is 0.508. The van der Waals surface area contributed by atoms with Gasteiger partial charge in [0, 0.05) is 7.05 Å². The number of para-hydroxylation sites is 1. The molecule has 4 nitrogen and oxygen atoms in total. The molecule has 4 heteroatoms. The minimum Gasteiger partial charge on any atom is -0.450 e. The molecule has 0 spiro atoms. The summed E-state index contributed by atoms with van der Waals surface area (Å²) < 4.78 is 5.79. The van der Waals surface area contributed by atoms with Gasteiger partial charge < -0.3 is 9.32 Å². The van der Waals surface area contributed by atoms with Crippen LogP contribution in [0.3, 0.4) is 0 Å². The second-order valence-corrected chi connectivity index (χ2v) is 6.81.